The number of carbonyl (C=O) groups excluding carboxylic acids is 1. The summed E-state index contributed by atoms with van der Waals surface area (Å²) >= 11 is 6.23. The molecule has 0 aliphatic carbocycles. The normalized spacial score (nSPS) is 10.6. The Morgan fingerprint density at radius 2 is 2.20 bits per heavy atom. The first-order valence-corrected chi connectivity index (χ1v) is 6.59. The van der Waals surface area contributed by atoms with Gasteiger partial charge in [0.15, 0.2) is 5.69 Å². The van der Waals surface area contributed by atoms with Gasteiger partial charge in [-0.2, -0.15) is 0 Å². The van der Waals surface area contributed by atoms with Crippen LogP contribution >= 0.6 is 11.6 Å². The van der Waals surface area contributed by atoms with Crippen LogP contribution < -0.4 is 5.73 Å². The van der Waals surface area contributed by atoms with Gasteiger partial charge < -0.3 is 10.5 Å². The fourth-order valence-electron chi connectivity index (χ4n) is 2.03. The summed E-state index contributed by atoms with van der Waals surface area (Å²) < 4.78 is 6.39. The predicted octanol–water partition coefficient (Wildman–Crippen LogP) is 2.77. The summed E-state index contributed by atoms with van der Waals surface area (Å²) in [7, 11) is 1.30. The predicted molar refractivity (Wildman–Crippen MR) is 78.4 cm³/mol. The topological polar surface area (TPSA) is 70.1 Å². The van der Waals surface area contributed by atoms with Crippen LogP contribution in [0.2, 0.25) is 5.02 Å². The lowest BCUT2D eigenvalue weighted by atomic mass is 10.2. The Bertz CT molecular complexity index is 665. The van der Waals surface area contributed by atoms with Crippen LogP contribution in [0.1, 0.15) is 28.8 Å². The molecule has 0 fully saturated rings. The maximum Gasteiger partial charge on any atom is 0.360 e. The van der Waals surface area contributed by atoms with Gasteiger partial charge in [0, 0.05) is 6.42 Å². The number of methoxy groups -OCH3 is 1. The summed E-state index contributed by atoms with van der Waals surface area (Å²) in [5.41, 5.74) is 7.91. The third kappa shape index (κ3) is 2.36. The molecule has 0 amide bonds. The number of halogens is 1. The standard InChI is InChI=1S/C14H16ClN3O2/c1-4-11-17-12(14(19)20-3)13(16)18(11)10-7-8(2)5-6-9(10)15/h5-7H,4,16H2,1-3H3. The number of esters is 1. The molecule has 0 bridgehead atoms. The number of imidazole rings is 1. The van der Waals surface area contributed by atoms with Crippen molar-refractivity contribution in [2.75, 3.05) is 12.8 Å². The van der Waals surface area contributed by atoms with E-state index in [2.05, 4.69) is 4.98 Å². The molecule has 2 N–H and O–H groups in total. The highest BCUT2D eigenvalue weighted by molar-refractivity contribution is 6.32. The van der Waals surface area contributed by atoms with E-state index in [1.54, 1.807) is 10.6 Å². The van der Waals surface area contributed by atoms with Crippen molar-refractivity contribution in [1.82, 2.24) is 9.55 Å². The molecule has 1 heterocycles. The summed E-state index contributed by atoms with van der Waals surface area (Å²) in [6.07, 6.45) is 0.617. The van der Waals surface area contributed by atoms with E-state index in [0.717, 1.165) is 5.56 Å². The van der Waals surface area contributed by atoms with Crippen molar-refractivity contribution in [3.8, 4) is 5.69 Å². The number of hydrogen-bond acceptors (Lipinski definition) is 4. The molecule has 0 unspecified atom stereocenters. The molecule has 2 aromatic rings. The maximum absolute atomic E-state index is 11.7. The van der Waals surface area contributed by atoms with Crippen LogP contribution in [0.5, 0.6) is 0 Å². The van der Waals surface area contributed by atoms with Gasteiger partial charge in [0.25, 0.3) is 0 Å². The summed E-state index contributed by atoms with van der Waals surface area (Å²) in [4.78, 5) is 15.9. The Balaban J connectivity index is 2.70. The van der Waals surface area contributed by atoms with E-state index in [-0.39, 0.29) is 11.5 Å². The second kappa shape index (κ2) is 5.54. The molecule has 0 saturated heterocycles. The van der Waals surface area contributed by atoms with Crippen molar-refractivity contribution in [2.45, 2.75) is 20.3 Å². The number of rotatable bonds is 3. The third-order valence-electron chi connectivity index (χ3n) is 3.02. The van der Waals surface area contributed by atoms with Gasteiger partial charge in [0.05, 0.1) is 17.8 Å². The van der Waals surface area contributed by atoms with Crippen LogP contribution in [0.25, 0.3) is 5.69 Å². The quantitative estimate of drug-likeness (QED) is 0.883. The molecule has 106 valence electrons. The number of aromatic nitrogens is 2. The van der Waals surface area contributed by atoms with Crippen molar-refractivity contribution in [1.29, 1.82) is 0 Å². The molecule has 2 rings (SSSR count). The molecule has 5 nitrogen and oxygen atoms in total. The third-order valence-corrected chi connectivity index (χ3v) is 3.34. The zero-order valence-electron chi connectivity index (χ0n) is 11.6. The zero-order chi connectivity index (χ0) is 14.9. The molecular formula is C14H16ClN3O2. The molecule has 6 heteroatoms. The second-order valence-corrected chi connectivity index (χ2v) is 4.80. The lowest BCUT2D eigenvalue weighted by molar-refractivity contribution is 0.0596. The van der Waals surface area contributed by atoms with Crippen LogP contribution in [0.15, 0.2) is 18.2 Å². The van der Waals surface area contributed by atoms with Gasteiger partial charge in [0.1, 0.15) is 11.6 Å². The van der Waals surface area contributed by atoms with Gasteiger partial charge in [0.2, 0.25) is 0 Å². The first-order valence-electron chi connectivity index (χ1n) is 6.21. The van der Waals surface area contributed by atoms with Gasteiger partial charge in [-0.25, -0.2) is 9.78 Å². The SMILES string of the molecule is CCc1nc(C(=O)OC)c(N)n1-c1cc(C)ccc1Cl. The largest absolute Gasteiger partial charge is 0.464 e. The van der Waals surface area contributed by atoms with Crippen molar-refractivity contribution in [2.24, 2.45) is 0 Å². The highest BCUT2D eigenvalue weighted by Crippen LogP contribution is 2.28. The number of hydrogen-bond donors (Lipinski definition) is 1. The van der Waals surface area contributed by atoms with Gasteiger partial charge >= 0.3 is 5.97 Å². The molecule has 0 atom stereocenters. The highest BCUT2D eigenvalue weighted by atomic mass is 35.5. The number of carbonyl (C=O) groups is 1. The summed E-state index contributed by atoms with van der Waals surface area (Å²) in [6.45, 7) is 3.89. The Morgan fingerprint density at radius 3 is 2.80 bits per heavy atom. The first-order chi connectivity index (χ1) is 9.49. The lowest BCUT2D eigenvalue weighted by Gasteiger charge is -2.11. The lowest BCUT2D eigenvalue weighted by Crippen LogP contribution is -2.08. The van der Waals surface area contributed by atoms with Crippen LogP contribution in [-0.2, 0) is 11.2 Å². The van der Waals surface area contributed by atoms with Crippen LogP contribution in [0.3, 0.4) is 0 Å². The van der Waals surface area contributed by atoms with E-state index in [4.69, 9.17) is 22.1 Å². The fraction of sp³-hybridized carbons (Fsp3) is 0.286. The number of benzene rings is 1. The van der Waals surface area contributed by atoms with E-state index in [0.29, 0.717) is 23.0 Å². The summed E-state index contributed by atoms with van der Waals surface area (Å²) in [6, 6.07) is 5.61. The Kier molecular flexibility index (Phi) is 3.99. The average Bonchev–Trinajstić information content (AvgIpc) is 2.77. The molecule has 0 radical (unpaired) electrons. The zero-order valence-corrected chi connectivity index (χ0v) is 12.4. The van der Waals surface area contributed by atoms with E-state index < -0.39 is 5.97 Å². The van der Waals surface area contributed by atoms with E-state index >= 15 is 0 Å². The number of ether oxygens (including phenoxy) is 1. The smallest absolute Gasteiger partial charge is 0.360 e. The molecule has 1 aromatic carbocycles. The average molecular weight is 294 g/mol. The minimum Gasteiger partial charge on any atom is -0.464 e. The van der Waals surface area contributed by atoms with Crippen LogP contribution in [-0.4, -0.2) is 22.6 Å². The van der Waals surface area contributed by atoms with Crippen LogP contribution in [0, 0.1) is 6.92 Å². The Labute approximate surface area is 122 Å². The molecule has 0 aliphatic heterocycles. The van der Waals surface area contributed by atoms with Crippen molar-refractivity contribution >= 4 is 23.4 Å². The van der Waals surface area contributed by atoms with E-state index in [1.165, 1.54) is 7.11 Å². The number of aryl methyl sites for hydroxylation is 2. The van der Waals surface area contributed by atoms with Gasteiger partial charge in [-0.15, -0.1) is 0 Å². The molecular weight excluding hydrogens is 278 g/mol. The summed E-state index contributed by atoms with van der Waals surface area (Å²) in [5, 5.41) is 0.547. The molecule has 20 heavy (non-hydrogen) atoms. The molecule has 0 spiro atoms. The number of nitrogens with two attached hydrogens (primary N) is 1. The van der Waals surface area contributed by atoms with Gasteiger partial charge in [-0.1, -0.05) is 24.6 Å². The van der Waals surface area contributed by atoms with E-state index in [1.807, 2.05) is 26.0 Å². The highest BCUT2D eigenvalue weighted by Gasteiger charge is 2.22. The number of nitrogens with zero attached hydrogens (tertiary/aromatic N) is 2. The molecule has 1 aromatic heterocycles. The maximum atomic E-state index is 11.7. The Hall–Kier alpha value is -2.01. The van der Waals surface area contributed by atoms with Gasteiger partial charge in [-0.3, -0.25) is 4.57 Å². The minimum atomic E-state index is -0.556. The van der Waals surface area contributed by atoms with Crippen molar-refractivity contribution < 1.29 is 9.53 Å². The molecule has 0 saturated carbocycles. The first kappa shape index (κ1) is 14.4. The van der Waals surface area contributed by atoms with E-state index in [9.17, 15) is 4.79 Å². The van der Waals surface area contributed by atoms with Crippen molar-refractivity contribution in [3.63, 3.8) is 0 Å². The Morgan fingerprint density at radius 1 is 1.50 bits per heavy atom. The van der Waals surface area contributed by atoms with Gasteiger partial charge in [-0.05, 0) is 24.6 Å². The minimum absolute atomic E-state index is 0.113. The van der Waals surface area contributed by atoms with Crippen LogP contribution in [0.4, 0.5) is 5.82 Å². The summed E-state index contributed by atoms with van der Waals surface area (Å²) in [5.74, 6) is 0.344. The molecule has 0 aliphatic rings. The monoisotopic (exact) mass is 293 g/mol. The second-order valence-electron chi connectivity index (χ2n) is 4.40. The van der Waals surface area contributed by atoms with Crippen molar-refractivity contribution in [3.05, 3.63) is 40.3 Å². The fourth-order valence-corrected chi connectivity index (χ4v) is 2.23. The number of anilines is 1. The number of nitrogen functional groups attached to an aromatic ring is 1.